The van der Waals surface area contributed by atoms with Crippen molar-refractivity contribution in [3.63, 3.8) is 0 Å². The lowest BCUT2D eigenvalue weighted by Gasteiger charge is -2.42. The molecule has 1 atom stereocenters. The first-order valence-corrected chi connectivity index (χ1v) is 8.82. The largest absolute Gasteiger partial charge is 0.329 e. The minimum Gasteiger partial charge on any atom is -0.329 e. The van der Waals surface area contributed by atoms with Gasteiger partial charge in [-0.05, 0) is 61.4 Å². The van der Waals surface area contributed by atoms with Crippen molar-refractivity contribution in [2.45, 2.75) is 46.6 Å². The number of piperidine rings is 1. The Kier molecular flexibility index (Phi) is 5.50. The lowest BCUT2D eigenvalue weighted by atomic mass is 9.75. The molecule has 0 aromatic heterocycles. The quantitative estimate of drug-likeness (QED) is 0.866. The Morgan fingerprint density at radius 3 is 2.38 bits per heavy atom. The van der Waals surface area contributed by atoms with Crippen molar-refractivity contribution >= 4 is 15.9 Å². The van der Waals surface area contributed by atoms with Gasteiger partial charge in [0.05, 0.1) is 0 Å². The van der Waals surface area contributed by atoms with Crippen molar-refractivity contribution in [1.29, 1.82) is 0 Å². The third kappa shape index (κ3) is 4.08. The summed E-state index contributed by atoms with van der Waals surface area (Å²) >= 11 is 3.58. The smallest absolute Gasteiger partial charge is 0.0470 e. The first-order valence-electron chi connectivity index (χ1n) is 8.03. The first kappa shape index (κ1) is 17.0. The maximum absolute atomic E-state index is 6.09. The fourth-order valence-corrected chi connectivity index (χ4v) is 3.69. The van der Waals surface area contributed by atoms with Crippen LogP contribution in [0.15, 0.2) is 22.7 Å². The summed E-state index contributed by atoms with van der Waals surface area (Å²) < 4.78 is 1.17. The molecule has 21 heavy (non-hydrogen) atoms. The molecule has 2 nitrogen and oxygen atoms in total. The van der Waals surface area contributed by atoms with Gasteiger partial charge >= 0.3 is 0 Å². The van der Waals surface area contributed by atoms with Crippen LogP contribution in [0.3, 0.4) is 0 Å². The number of nitrogens with zero attached hydrogens (tertiary/aromatic N) is 1. The zero-order valence-corrected chi connectivity index (χ0v) is 15.4. The SMILES string of the molecule is Cc1cc(C(CN)N2CCC(C(C)(C)C)CC2)ccc1Br. The van der Waals surface area contributed by atoms with E-state index in [1.54, 1.807) is 0 Å². The van der Waals surface area contributed by atoms with E-state index in [9.17, 15) is 0 Å². The molecule has 0 saturated carbocycles. The average Bonchev–Trinajstić information content (AvgIpc) is 2.43. The minimum absolute atomic E-state index is 0.359. The Balaban J connectivity index is 2.07. The Morgan fingerprint density at radius 1 is 1.29 bits per heavy atom. The highest BCUT2D eigenvalue weighted by Crippen LogP contribution is 2.36. The predicted molar refractivity (Wildman–Crippen MR) is 94.4 cm³/mol. The van der Waals surface area contributed by atoms with Crippen molar-refractivity contribution in [3.8, 4) is 0 Å². The van der Waals surface area contributed by atoms with Crippen molar-refractivity contribution in [2.24, 2.45) is 17.1 Å². The van der Waals surface area contributed by atoms with Crippen LogP contribution in [0, 0.1) is 18.3 Å². The Labute approximate surface area is 138 Å². The van der Waals surface area contributed by atoms with Crippen LogP contribution in [0.5, 0.6) is 0 Å². The molecule has 1 aromatic rings. The van der Waals surface area contributed by atoms with Crippen molar-refractivity contribution in [3.05, 3.63) is 33.8 Å². The second kappa shape index (κ2) is 6.80. The summed E-state index contributed by atoms with van der Waals surface area (Å²) in [5, 5.41) is 0. The maximum atomic E-state index is 6.09. The number of hydrogen-bond donors (Lipinski definition) is 1. The molecule has 1 aliphatic heterocycles. The number of halogens is 1. The van der Waals surface area contributed by atoms with Gasteiger partial charge < -0.3 is 5.73 Å². The molecule has 1 aromatic carbocycles. The summed E-state index contributed by atoms with van der Waals surface area (Å²) in [6.07, 6.45) is 2.57. The van der Waals surface area contributed by atoms with E-state index in [4.69, 9.17) is 5.73 Å². The van der Waals surface area contributed by atoms with E-state index >= 15 is 0 Å². The van der Waals surface area contributed by atoms with E-state index in [2.05, 4.69) is 66.7 Å². The lowest BCUT2D eigenvalue weighted by Crippen LogP contribution is -2.42. The topological polar surface area (TPSA) is 29.3 Å². The van der Waals surface area contributed by atoms with E-state index in [-0.39, 0.29) is 0 Å². The monoisotopic (exact) mass is 352 g/mol. The van der Waals surface area contributed by atoms with Crippen LogP contribution >= 0.6 is 15.9 Å². The molecule has 1 saturated heterocycles. The maximum Gasteiger partial charge on any atom is 0.0470 e. The second-order valence-corrected chi connectivity index (χ2v) is 8.29. The Morgan fingerprint density at radius 2 is 1.90 bits per heavy atom. The van der Waals surface area contributed by atoms with Crippen molar-refractivity contribution < 1.29 is 0 Å². The predicted octanol–water partition coefficient (Wildman–Crippen LogP) is 4.52. The van der Waals surface area contributed by atoms with Gasteiger partial charge in [0.2, 0.25) is 0 Å². The molecule has 0 bridgehead atoms. The van der Waals surface area contributed by atoms with Crippen molar-refractivity contribution in [2.75, 3.05) is 19.6 Å². The van der Waals surface area contributed by atoms with Gasteiger partial charge in [0.1, 0.15) is 0 Å². The summed E-state index contributed by atoms with van der Waals surface area (Å²) in [6.45, 7) is 12.3. The van der Waals surface area contributed by atoms with Crippen LogP contribution in [-0.4, -0.2) is 24.5 Å². The highest BCUT2D eigenvalue weighted by molar-refractivity contribution is 9.10. The number of likely N-dealkylation sites (tertiary alicyclic amines) is 1. The molecule has 1 unspecified atom stereocenters. The number of aryl methyl sites for hydroxylation is 1. The van der Waals surface area contributed by atoms with Gasteiger partial charge in [-0.1, -0.05) is 48.8 Å². The highest BCUT2D eigenvalue weighted by atomic mass is 79.9. The standard InChI is InChI=1S/C18H29BrN2/c1-13-11-14(5-6-16(13)19)17(12-20)21-9-7-15(8-10-21)18(2,3)4/h5-6,11,15,17H,7-10,12,20H2,1-4H3. The fraction of sp³-hybridized carbons (Fsp3) is 0.667. The first-order chi connectivity index (χ1) is 9.82. The van der Waals surface area contributed by atoms with Gasteiger partial charge in [0.15, 0.2) is 0 Å². The van der Waals surface area contributed by atoms with Crippen LogP contribution in [0.2, 0.25) is 0 Å². The molecule has 3 heteroatoms. The molecule has 2 N–H and O–H groups in total. The summed E-state index contributed by atoms with van der Waals surface area (Å²) in [5.41, 5.74) is 9.16. The van der Waals surface area contributed by atoms with Gasteiger partial charge in [-0.25, -0.2) is 0 Å². The zero-order valence-electron chi connectivity index (χ0n) is 13.8. The van der Waals surface area contributed by atoms with Crippen LogP contribution in [0.25, 0.3) is 0 Å². The van der Waals surface area contributed by atoms with Crippen LogP contribution < -0.4 is 5.73 Å². The lowest BCUT2D eigenvalue weighted by molar-refractivity contribution is 0.0846. The third-order valence-corrected chi connectivity index (χ3v) is 5.87. The molecule has 0 aliphatic carbocycles. The minimum atomic E-state index is 0.359. The number of hydrogen-bond acceptors (Lipinski definition) is 2. The highest BCUT2D eigenvalue weighted by Gasteiger charge is 2.31. The normalized spacial score (nSPS) is 19.7. The fourth-order valence-electron chi connectivity index (χ4n) is 3.45. The number of benzene rings is 1. The second-order valence-electron chi connectivity index (χ2n) is 7.44. The molecular weight excluding hydrogens is 324 g/mol. The van der Waals surface area contributed by atoms with Gasteiger partial charge in [-0.15, -0.1) is 0 Å². The third-order valence-electron chi connectivity index (χ3n) is 4.99. The van der Waals surface area contributed by atoms with E-state index < -0.39 is 0 Å². The van der Waals surface area contributed by atoms with E-state index in [1.165, 1.54) is 41.5 Å². The molecule has 1 heterocycles. The summed E-state index contributed by atoms with van der Waals surface area (Å²) in [7, 11) is 0. The van der Waals surface area contributed by atoms with Crippen LogP contribution in [0.1, 0.15) is 50.8 Å². The van der Waals surface area contributed by atoms with Crippen molar-refractivity contribution in [1.82, 2.24) is 4.90 Å². The molecule has 0 amide bonds. The molecule has 1 fully saturated rings. The van der Waals surface area contributed by atoms with E-state index in [0.29, 0.717) is 18.0 Å². The molecule has 1 aliphatic rings. The molecule has 0 radical (unpaired) electrons. The summed E-state index contributed by atoms with van der Waals surface area (Å²) in [6, 6.07) is 7.00. The molecule has 0 spiro atoms. The summed E-state index contributed by atoms with van der Waals surface area (Å²) in [5.74, 6) is 0.832. The van der Waals surface area contributed by atoms with Crippen LogP contribution in [-0.2, 0) is 0 Å². The Bertz CT molecular complexity index is 471. The van der Waals surface area contributed by atoms with Gasteiger partial charge in [-0.3, -0.25) is 4.90 Å². The molecular formula is C18H29BrN2. The number of rotatable bonds is 3. The van der Waals surface area contributed by atoms with Gasteiger partial charge in [-0.2, -0.15) is 0 Å². The number of nitrogens with two attached hydrogens (primary N) is 1. The van der Waals surface area contributed by atoms with Gasteiger partial charge in [0, 0.05) is 17.1 Å². The van der Waals surface area contributed by atoms with Crippen LogP contribution in [0.4, 0.5) is 0 Å². The average molecular weight is 353 g/mol. The molecule has 118 valence electrons. The summed E-state index contributed by atoms with van der Waals surface area (Å²) in [4.78, 5) is 2.57. The Hall–Kier alpha value is -0.380. The molecule has 2 rings (SSSR count). The van der Waals surface area contributed by atoms with E-state index in [0.717, 1.165) is 5.92 Å². The van der Waals surface area contributed by atoms with E-state index in [1.807, 2.05) is 0 Å². The van der Waals surface area contributed by atoms with Gasteiger partial charge in [0.25, 0.3) is 0 Å². The zero-order chi connectivity index (χ0) is 15.6.